The minimum atomic E-state index is 0.0849. The number of likely N-dealkylation sites (N-methyl/N-ethyl adjacent to an activating group) is 1. The molecule has 0 radical (unpaired) electrons. The first-order valence-electron chi connectivity index (χ1n) is 10.1. The van der Waals surface area contributed by atoms with Crippen molar-refractivity contribution in [3.05, 3.63) is 29.8 Å². The molecule has 0 spiro atoms. The van der Waals surface area contributed by atoms with Crippen LogP contribution >= 0.6 is 0 Å². The zero-order chi connectivity index (χ0) is 18.1. The van der Waals surface area contributed by atoms with Crippen LogP contribution < -0.4 is 4.90 Å². The van der Waals surface area contributed by atoms with Crippen molar-refractivity contribution in [2.45, 2.75) is 38.6 Å². The van der Waals surface area contributed by atoms with Gasteiger partial charge in [-0.15, -0.1) is 0 Å². The maximum absolute atomic E-state index is 12.5. The number of anilines is 1. The molecule has 1 amide bonds. The third-order valence-electron chi connectivity index (χ3n) is 6.31. The molecule has 140 valence electrons. The van der Waals surface area contributed by atoms with Gasteiger partial charge in [-0.05, 0) is 38.1 Å². The number of ketones is 1. The highest BCUT2D eigenvalue weighted by Crippen LogP contribution is 2.32. The van der Waals surface area contributed by atoms with E-state index in [2.05, 4.69) is 16.7 Å². The lowest BCUT2D eigenvalue weighted by molar-refractivity contribution is -0.118. The van der Waals surface area contributed by atoms with Gasteiger partial charge in [0.1, 0.15) is 0 Å². The average Bonchev–Trinajstić information content (AvgIpc) is 2.92. The molecule has 4 rings (SSSR count). The largest absolute Gasteiger partial charge is 0.312 e. The van der Waals surface area contributed by atoms with E-state index in [4.69, 9.17) is 0 Å². The van der Waals surface area contributed by atoms with Crippen molar-refractivity contribution in [1.82, 2.24) is 9.80 Å². The van der Waals surface area contributed by atoms with Gasteiger partial charge in [0.05, 0.1) is 5.69 Å². The van der Waals surface area contributed by atoms with Crippen molar-refractivity contribution >= 4 is 17.4 Å². The third-order valence-corrected chi connectivity index (χ3v) is 6.31. The van der Waals surface area contributed by atoms with E-state index in [1.54, 1.807) is 0 Å². The summed E-state index contributed by atoms with van der Waals surface area (Å²) in [6.45, 7) is 8.98. The minimum absolute atomic E-state index is 0.0849. The fourth-order valence-electron chi connectivity index (χ4n) is 4.75. The SMILES string of the molecule is CCN1C[C@@H]2CN(CCCCN3C(=O)CCC(=O)c4ccccc43)[C@@H]2C1. The highest BCUT2D eigenvalue weighted by molar-refractivity contribution is 6.09. The van der Waals surface area contributed by atoms with Gasteiger partial charge in [-0.1, -0.05) is 19.1 Å². The highest BCUT2D eigenvalue weighted by atomic mass is 16.2. The lowest BCUT2D eigenvalue weighted by Gasteiger charge is -2.43. The van der Waals surface area contributed by atoms with E-state index in [0.29, 0.717) is 24.9 Å². The van der Waals surface area contributed by atoms with Crippen LogP contribution in [0, 0.1) is 5.92 Å². The summed E-state index contributed by atoms with van der Waals surface area (Å²) < 4.78 is 0. The summed E-state index contributed by atoms with van der Waals surface area (Å²) in [6.07, 6.45) is 2.75. The van der Waals surface area contributed by atoms with Crippen LogP contribution in [-0.2, 0) is 4.79 Å². The normalized spacial score (nSPS) is 26.4. The van der Waals surface area contributed by atoms with Crippen LogP contribution in [0.1, 0.15) is 43.0 Å². The Labute approximate surface area is 155 Å². The van der Waals surface area contributed by atoms with E-state index in [9.17, 15) is 9.59 Å². The molecule has 5 nitrogen and oxygen atoms in total. The predicted octanol–water partition coefficient (Wildman–Crippen LogP) is 2.41. The first-order chi connectivity index (χ1) is 12.7. The van der Waals surface area contributed by atoms with E-state index >= 15 is 0 Å². The van der Waals surface area contributed by atoms with E-state index < -0.39 is 0 Å². The molecule has 0 saturated carbocycles. The third kappa shape index (κ3) is 3.30. The number of nitrogens with zero attached hydrogens (tertiary/aromatic N) is 3. The number of benzene rings is 1. The lowest BCUT2D eigenvalue weighted by Crippen LogP contribution is -2.55. The Morgan fingerprint density at radius 1 is 1.00 bits per heavy atom. The van der Waals surface area contributed by atoms with Crippen molar-refractivity contribution in [1.29, 1.82) is 0 Å². The molecule has 0 unspecified atom stereocenters. The second kappa shape index (κ2) is 7.49. The molecule has 0 N–H and O–H groups in total. The summed E-state index contributed by atoms with van der Waals surface area (Å²) in [6, 6.07) is 8.31. The van der Waals surface area contributed by atoms with Crippen molar-refractivity contribution in [3.8, 4) is 0 Å². The average molecular weight is 355 g/mol. The Morgan fingerprint density at radius 2 is 1.81 bits per heavy atom. The molecule has 3 heterocycles. The minimum Gasteiger partial charge on any atom is -0.312 e. The van der Waals surface area contributed by atoms with Gasteiger partial charge in [0, 0.05) is 56.5 Å². The first-order valence-corrected chi connectivity index (χ1v) is 10.1. The number of hydrogen-bond acceptors (Lipinski definition) is 4. The Hall–Kier alpha value is -1.72. The second-order valence-corrected chi connectivity index (χ2v) is 7.87. The molecule has 3 aliphatic heterocycles. The molecule has 26 heavy (non-hydrogen) atoms. The molecule has 2 fully saturated rings. The molecule has 1 aromatic rings. The number of unbranched alkanes of at least 4 members (excludes halogenated alkanes) is 1. The number of Topliss-reactive ketones (excluding diaryl/α,β-unsaturated/α-hetero) is 1. The van der Waals surface area contributed by atoms with Crippen LogP contribution in [0.3, 0.4) is 0 Å². The van der Waals surface area contributed by atoms with E-state index in [0.717, 1.165) is 43.6 Å². The van der Waals surface area contributed by atoms with Gasteiger partial charge >= 0.3 is 0 Å². The summed E-state index contributed by atoms with van der Waals surface area (Å²) in [5.41, 5.74) is 1.51. The van der Waals surface area contributed by atoms with Gasteiger partial charge < -0.3 is 9.80 Å². The number of carbonyl (C=O) groups is 2. The summed E-state index contributed by atoms with van der Waals surface area (Å²) in [5.74, 6) is 1.05. The summed E-state index contributed by atoms with van der Waals surface area (Å²) in [4.78, 5) is 31.7. The molecule has 2 atom stereocenters. The highest BCUT2D eigenvalue weighted by Gasteiger charge is 2.44. The quantitative estimate of drug-likeness (QED) is 0.735. The van der Waals surface area contributed by atoms with Gasteiger partial charge in [-0.25, -0.2) is 0 Å². The van der Waals surface area contributed by atoms with Crippen LogP contribution in [0.15, 0.2) is 24.3 Å². The van der Waals surface area contributed by atoms with Crippen molar-refractivity contribution in [3.63, 3.8) is 0 Å². The van der Waals surface area contributed by atoms with Crippen LogP contribution in [0.2, 0.25) is 0 Å². The van der Waals surface area contributed by atoms with Crippen LogP contribution in [0.4, 0.5) is 5.69 Å². The second-order valence-electron chi connectivity index (χ2n) is 7.87. The fraction of sp³-hybridized carbons (Fsp3) is 0.619. The number of rotatable bonds is 6. The molecule has 5 heteroatoms. The lowest BCUT2D eigenvalue weighted by atomic mass is 9.92. The van der Waals surface area contributed by atoms with Crippen LogP contribution in [-0.4, -0.2) is 66.8 Å². The van der Waals surface area contributed by atoms with Crippen LogP contribution in [0.25, 0.3) is 0 Å². The number of likely N-dealkylation sites (tertiary alicyclic amines) is 2. The molecular weight excluding hydrogens is 326 g/mol. The number of carbonyl (C=O) groups excluding carboxylic acids is 2. The van der Waals surface area contributed by atoms with E-state index in [1.807, 2.05) is 29.2 Å². The van der Waals surface area contributed by atoms with Crippen molar-refractivity contribution in [2.75, 3.05) is 44.2 Å². The molecule has 2 saturated heterocycles. The van der Waals surface area contributed by atoms with Crippen molar-refractivity contribution < 1.29 is 9.59 Å². The Kier molecular flexibility index (Phi) is 5.09. The van der Waals surface area contributed by atoms with Gasteiger partial charge in [-0.2, -0.15) is 0 Å². The van der Waals surface area contributed by atoms with Gasteiger partial charge in [0.15, 0.2) is 5.78 Å². The smallest absolute Gasteiger partial charge is 0.227 e. The van der Waals surface area contributed by atoms with Crippen LogP contribution in [0.5, 0.6) is 0 Å². The monoisotopic (exact) mass is 355 g/mol. The molecule has 0 bridgehead atoms. The molecule has 3 aliphatic rings. The summed E-state index contributed by atoms with van der Waals surface area (Å²) in [5, 5.41) is 0. The number of amides is 1. The fourth-order valence-corrected chi connectivity index (χ4v) is 4.75. The number of hydrogen-bond donors (Lipinski definition) is 0. The Bertz CT molecular complexity index is 690. The van der Waals surface area contributed by atoms with Crippen molar-refractivity contribution in [2.24, 2.45) is 5.92 Å². The molecule has 0 aromatic heterocycles. The maximum Gasteiger partial charge on any atom is 0.227 e. The summed E-state index contributed by atoms with van der Waals surface area (Å²) in [7, 11) is 0. The topological polar surface area (TPSA) is 43.9 Å². The Morgan fingerprint density at radius 3 is 2.65 bits per heavy atom. The number of para-hydroxylation sites is 1. The zero-order valence-corrected chi connectivity index (χ0v) is 15.7. The molecule has 1 aromatic carbocycles. The molecular formula is C21H29N3O2. The maximum atomic E-state index is 12.5. The predicted molar refractivity (Wildman–Crippen MR) is 103 cm³/mol. The standard InChI is InChI=1S/C21H29N3O2/c1-2-22-13-16-14-23(19(16)15-22)11-5-6-12-24-18-8-4-3-7-17(18)20(25)9-10-21(24)26/h3-4,7-8,16,19H,2,5-6,9-15H2,1H3/t16-,19-/m1/s1. The van der Waals surface area contributed by atoms with Gasteiger partial charge in [0.25, 0.3) is 0 Å². The molecule has 0 aliphatic carbocycles. The van der Waals surface area contributed by atoms with E-state index in [-0.39, 0.29) is 11.7 Å². The van der Waals surface area contributed by atoms with E-state index in [1.165, 1.54) is 19.6 Å². The first kappa shape index (κ1) is 17.7. The van der Waals surface area contributed by atoms with Gasteiger partial charge in [0.2, 0.25) is 5.91 Å². The number of fused-ring (bicyclic) bond motifs is 2. The Balaban J connectivity index is 1.30. The van der Waals surface area contributed by atoms with Gasteiger partial charge in [-0.3, -0.25) is 14.5 Å². The summed E-state index contributed by atoms with van der Waals surface area (Å²) >= 11 is 0. The zero-order valence-electron chi connectivity index (χ0n) is 15.7.